The second-order valence-corrected chi connectivity index (χ2v) is 5.44. The fraction of sp³-hybridized carbons (Fsp3) is 0.385. The van der Waals surface area contributed by atoms with Gasteiger partial charge in [0.2, 0.25) is 11.9 Å². The predicted molar refractivity (Wildman–Crippen MR) is 82.2 cm³/mol. The number of nitrogen functional groups attached to an aromatic ring is 1. The summed E-state index contributed by atoms with van der Waals surface area (Å²) in [5.41, 5.74) is 7.25. The topological polar surface area (TPSA) is 64.2 Å². The molecule has 2 N–H and O–H groups in total. The molecule has 2 aromatic rings. The van der Waals surface area contributed by atoms with E-state index in [9.17, 15) is 4.79 Å². The largest absolute Gasteiger partial charge is 0.369 e. The number of imidazole rings is 1. The molecule has 2 rings (SSSR count). The van der Waals surface area contributed by atoms with Crippen molar-refractivity contribution in [1.29, 1.82) is 0 Å². The summed E-state index contributed by atoms with van der Waals surface area (Å²) in [6, 6.07) is 2.87. The van der Waals surface area contributed by atoms with Crippen LogP contribution in [0.1, 0.15) is 19.9 Å². The third-order valence-corrected chi connectivity index (χ3v) is 4.08. The molecule has 5 nitrogen and oxygen atoms in total. The monoisotopic (exact) mass is 314 g/mol. The summed E-state index contributed by atoms with van der Waals surface area (Å²) in [5.74, 6) is 0.230. The van der Waals surface area contributed by atoms with Gasteiger partial charge in [-0.1, -0.05) is 23.2 Å². The van der Waals surface area contributed by atoms with Gasteiger partial charge in [-0.3, -0.25) is 9.36 Å². The second kappa shape index (κ2) is 5.50. The Morgan fingerprint density at radius 2 is 2.05 bits per heavy atom. The predicted octanol–water partition coefficient (Wildman–Crippen LogP) is 2.96. The van der Waals surface area contributed by atoms with Crippen LogP contribution in [-0.4, -0.2) is 34.0 Å². The third-order valence-electron chi connectivity index (χ3n) is 3.35. The van der Waals surface area contributed by atoms with Crippen molar-refractivity contribution in [2.24, 2.45) is 0 Å². The summed E-state index contributed by atoms with van der Waals surface area (Å²) >= 11 is 12.0. The lowest BCUT2D eigenvalue weighted by atomic mass is 10.2. The van der Waals surface area contributed by atoms with Gasteiger partial charge < -0.3 is 10.6 Å². The molecule has 0 bridgehead atoms. The highest BCUT2D eigenvalue weighted by Gasteiger charge is 2.23. The first-order chi connectivity index (χ1) is 9.36. The SMILES string of the molecule is CCN(C)C(=O)C(C)n1c(N)nc2cc(Cl)c(Cl)cc21. The van der Waals surface area contributed by atoms with Crippen molar-refractivity contribution >= 4 is 46.1 Å². The Morgan fingerprint density at radius 1 is 1.45 bits per heavy atom. The van der Waals surface area contributed by atoms with E-state index in [1.54, 1.807) is 35.6 Å². The van der Waals surface area contributed by atoms with Gasteiger partial charge in [0.1, 0.15) is 6.04 Å². The number of nitrogens with two attached hydrogens (primary N) is 1. The van der Waals surface area contributed by atoms with E-state index in [1.165, 1.54) is 0 Å². The number of nitrogens with zero attached hydrogens (tertiary/aromatic N) is 3. The number of halogens is 2. The molecule has 1 unspecified atom stereocenters. The van der Waals surface area contributed by atoms with E-state index in [0.29, 0.717) is 27.6 Å². The molecule has 0 aliphatic heterocycles. The molecule has 0 aliphatic rings. The number of likely N-dealkylation sites (N-methyl/N-ethyl adjacent to an activating group) is 1. The lowest BCUT2D eigenvalue weighted by Crippen LogP contribution is -2.33. The van der Waals surface area contributed by atoms with Crippen LogP contribution < -0.4 is 5.73 Å². The van der Waals surface area contributed by atoms with Gasteiger partial charge >= 0.3 is 0 Å². The van der Waals surface area contributed by atoms with E-state index in [2.05, 4.69) is 4.98 Å². The first-order valence-corrected chi connectivity index (χ1v) is 6.99. The van der Waals surface area contributed by atoms with Crippen LogP contribution in [0, 0.1) is 0 Å². The zero-order chi connectivity index (χ0) is 15.0. The minimum Gasteiger partial charge on any atom is -0.369 e. The molecule has 1 aromatic carbocycles. The number of hydrogen-bond donors (Lipinski definition) is 1. The summed E-state index contributed by atoms with van der Waals surface area (Å²) in [5, 5.41) is 0.817. The highest BCUT2D eigenvalue weighted by molar-refractivity contribution is 6.42. The van der Waals surface area contributed by atoms with E-state index in [0.717, 1.165) is 0 Å². The number of aromatic nitrogens is 2. The molecule has 7 heteroatoms. The molecule has 0 radical (unpaired) electrons. The first kappa shape index (κ1) is 14.9. The van der Waals surface area contributed by atoms with Gasteiger partial charge in [0.25, 0.3) is 0 Å². The molecular formula is C13H16Cl2N4O. The quantitative estimate of drug-likeness (QED) is 0.947. The Labute approximate surface area is 127 Å². The maximum Gasteiger partial charge on any atom is 0.245 e. The fourth-order valence-corrected chi connectivity index (χ4v) is 2.42. The minimum absolute atomic E-state index is 0.0374. The molecule has 0 saturated heterocycles. The molecule has 20 heavy (non-hydrogen) atoms. The molecule has 1 amide bonds. The van der Waals surface area contributed by atoms with Crippen molar-refractivity contribution in [3.05, 3.63) is 22.2 Å². The number of rotatable bonds is 3. The Bertz CT molecular complexity index is 668. The van der Waals surface area contributed by atoms with Crippen LogP contribution in [0.25, 0.3) is 11.0 Å². The number of carbonyl (C=O) groups is 1. The summed E-state index contributed by atoms with van der Waals surface area (Å²) < 4.78 is 1.67. The molecule has 1 atom stereocenters. The number of hydrogen-bond acceptors (Lipinski definition) is 3. The lowest BCUT2D eigenvalue weighted by Gasteiger charge is -2.21. The van der Waals surface area contributed by atoms with Crippen molar-refractivity contribution in [1.82, 2.24) is 14.5 Å². The molecule has 0 fully saturated rings. The standard InChI is InChI=1S/C13H16Cl2N4O/c1-4-18(3)12(20)7(2)19-11-6-9(15)8(14)5-10(11)17-13(19)16/h5-7H,4H2,1-3H3,(H2,16,17). The Hall–Kier alpha value is -1.46. The van der Waals surface area contributed by atoms with Gasteiger partial charge in [-0.25, -0.2) is 4.98 Å². The number of anilines is 1. The average molecular weight is 315 g/mol. The van der Waals surface area contributed by atoms with Gasteiger partial charge in [0.15, 0.2) is 0 Å². The van der Waals surface area contributed by atoms with E-state index >= 15 is 0 Å². The van der Waals surface area contributed by atoms with Gasteiger partial charge in [0, 0.05) is 13.6 Å². The Morgan fingerprint density at radius 3 is 2.65 bits per heavy atom. The maximum absolute atomic E-state index is 12.3. The van der Waals surface area contributed by atoms with Crippen LogP contribution in [0.3, 0.4) is 0 Å². The number of amides is 1. The second-order valence-electron chi connectivity index (χ2n) is 4.62. The van der Waals surface area contributed by atoms with Crippen LogP contribution in [0.5, 0.6) is 0 Å². The van der Waals surface area contributed by atoms with Crippen LogP contribution >= 0.6 is 23.2 Å². The average Bonchev–Trinajstić information content (AvgIpc) is 2.72. The van der Waals surface area contributed by atoms with E-state index in [4.69, 9.17) is 28.9 Å². The minimum atomic E-state index is -0.456. The zero-order valence-electron chi connectivity index (χ0n) is 11.5. The maximum atomic E-state index is 12.3. The zero-order valence-corrected chi connectivity index (χ0v) is 13.0. The molecule has 1 aromatic heterocycles. The smallest absolute Gasteiger partial charge is 0.245 e. The molecule has 0 aliphatic carbocycles. The van der Waals surface area contributed by atoms with Crippen molar-refractivity contribution in [3.8, 4) is 0 Å². The van der Waals surface area contributed by atoms with Gasteiger partial charge in [-0.2, -0.15) is 0 Å². The lowest BCUT2D eigenvalue weighted by molar-refractivity contribution is -0.132. The fourth-order valence-electron chi connectivity index (χ4n) is 2.10. The summed E-state index contributed by atoms with van der Waals surface area (Å²) in [6.07, 6.45) is 0. The van der Waals surface area contributed by atoms with Crippen molar-refractivity contribution in [2.75, 3.05) is 19.3 Å². The molecule has 0 spiro atoms. The van der Waals surface area contributed by atoms with Crippen LogP contribution in [-0.2, 0) is 4.79 Å². The van der Waals surface area contributed by atoms with E-state index in [-0.39, 0.29) is 11.9 Å². The van der Waals surface area contributed by atoms with Gasteiger partial charge in [0.05, 0.1) is 21.1 Å². The Balaban J connectivity index is 2.56. The third kappa shape index (κ3) is 2.43. The Kier molecular flexibility index (Phi) is 4.11. The van der Waals surface area contributed by atoms with Crippen LogP contribution in [0.15, 0.2) is 12.1 Å². The van der Waals surface area contributed by atoms with Crippen molar-refractivity contribution < 1.29 is 4.79 Å². The number of carbonyl (C=O) groups excluding carboxylic acids is 1. The summed E-state index contributed by atoms with van der Waals surface area (Å²) in [6.45, 7) is 4.33. The normalized spacial score (nSPS) is 12.7. The molecule has 0 saturated carbocycles. The number of fused-ring (bicyclic) bond motifs is 1. The molecular weight excluding hydrogens is 299 g/mol. The van der Waals surface area contributed by atoms with Crippen LogP contribution in [0.4, 0.5) is 5.95 Å². The van der Waals surface area contributed by atoms with Crippen molar-refractivity contribution in [3.63, 3.8) is 0 Å². The van der Waals surface area contributed by atoms with E-state index < -0.39 is 6.04 Å². The van der Waals surface area contributed by atoms with Gasteiger partial charge in [-0.05, 0) is 26.0 Å². The van der Waals surface area contributed by atoms with Crippen molar-refractivity contribution in [2.45, 2.75) is 19.9 Å². The molecule has 108 valence electrons. The highest BCUT2D eigenvalue weighted by Crippen LogP contribution is 2.31. The highest BCUT2D eigenvalue weighted by atomic mass is 35.5. The summed E-state index contributed by atoms with van der Waals surface area (Å²) in [7, 11) is 1.75. The molecule has 1 heterocycles. The van der Waals surface area contributed by atoms with Crippen LogP contribution in [0.2, 0.25) is 10.0 Å². The van der Waals surface area contributed by atoms with Gasteiger partial charge in [-0.15, -0.1) is 0 Å². The number of benzene rings is 1. The van der Waals surface area contributed by atoms with E-state index in [1.807, 2.05) is 6.92 Å². The first-order valence-electron chi connectivity index (χ1n) is 6.24. The summed E-state index contributed by atoms with van der Waals surface area (Å²) in [4.78, 5) is 18.1.